The molecule has 0 aromatic heterocycles. The van der Waals surface area contributed by atoms with Crippen molar-refractivity contribution in [2.45, 2.75) is 13.0 Å². The largest absolute Gasteiger partial charge is 0.461 e. The van der Waals surface area contributed by atoms with E-state index < -0.39 is 0 Å². The minimum Gasteiger partial charge on any atom is -0.461 e. The number of rotatable bonds is 4. The second-order valence-corrected chi connectivity index (χ2v) is 5.23. The third kappa shape index (κ3) is 4.49. The molecule has 5 heteroatoms. The summed E-state index contributed by atoms with van der Waals surface area (Å²) in [6, 6.07) is 13.9. The predicted molar refractivity (Wildman–Crippen MR) is 81.1 cm³/mol. The highest BCUT2D eigenvalue weighted by molar-refractivity contribution is 6.35. The van der Waals surface area contributed by atoms with Crippen LogP contribution in [0.2, 0.25) is 10.0 Å². The van der Waals surface area contributed by atoms with Crippen LogP contribution >= 0.6 is 23.2 Å². The Morgan fingerprint density at radius 1 is 1.14 bits per heavy atom. The van der Waals surface area contributed by atoms with Crippen molar-refractivity contribution in [3.05, 3.63) is 69.2 Å². The van der Waals surface area contributed by atoms with Crippen LogP contribution in [0, 0.1) is 11.3 Å². The zero-order chi connectivity index (χ0) is 15.2. The summed E-state index contributed by atoms with van der Waals surface area (Å²) in [5.41, 5.74) is 2.06. The summed E-state index contributed by atoms with van der Waals surface area (Å²) >= 11 is 11.8. The van der Waals surface area contributed by atoms with Gasteiger partial charge in [-0.3, -0.25) is 4.79 Å². The third-order valence-electron chi connectivity index (χ3n) is 2.83. The first-order chi connectivity index (χ1) is 10.1. The quantitative estimate of drug-likeness (QED) is 0.795. The van der Waals surface area contributed by atoms with E-state index in [-0.39, 0.29) is 19.0 Å². The van der Waals surface area contributed by atoms with Gasteiger partial charge >= 0.3 is 5.97 Å². The van der Waals surface area contributed by atoms with Crippen LogP contribution in [0.3, 0.4) is 0 Å². The van der Waals surface area contributed by atoms with Crippen molar-refractivity contribution < 1.29 is 9.53 Å². The number of esters is 1. The maximum absolute atomic E-state index is 11.8. The van der Waals surface area contributed by atoms with Crippen molar-refractivity contribution in [2.75, 3.05) is 0 Å². The van der Waals surface area contributed by atoms with Gasteiger partial charge in [0.15, 0.2) is 0 Å². The SMILES string of the molecule is N#Cc1ccc(COC(=O)Cc2ccc(Cl)cc2Cl)cc1. The van der Waals surface area contributed by atoms with Crippen LogP contribution in [-0.2, 0) is 22.6 Å². The molecule has 0 fully saturated rings. The number of nitrogens with zero attached hydrogens (tertiary/aromatic N) is 1. The fraction of sp³-hybridized carbons (Fsp3) is 0.125. The minimum atomic E-state index is -0.372. The van der Waals surface area contributed by atoms with E-state index in [0.717, 1.165) is 5.56 Å². The second-order valence-electron chi connectivity index (χ2n) is 4.38. The summed E-state index contributed by atoms with van der Waals surface area (Å²) in [6.07, 6.45) is 0.0896. The van der Waals surface area contributed by atoms with Gasteiger partial charge in [-0.1, -0.05) is 41.4 Å². The van der Waals surface area contributed by atoms with E-state index in [1.807, 2.05) is 6.07 Å². The lowest BCUT2D eigenvalue weighted by molar-refractivity contribution is -0.144. The lowest BCUT2D eigenvalue weighted by atomic mass is 10.1. The standard InChI is InChI=1S/C16H11Cl2NO2/c17-14-6-5-13(15(18)8-14)7-16(20)21-10-12-3-1-11(9-19)2-4-12/h1-6,8H,7,10H2. The molecule has 21 heavy (non-hydrogen) atoms. The molecule has 0 atom stereocenters. The molecular weight excluding hydrogens is 309 g/mol. The van der Waals surface area contributed by atoms with Crippen molar-refractivity contribution in [1.29, 1.82) is 5.26 Å². The summed E-state index contributed by atoms with van der Waals surface area (Å²) in [4.78, 5) is 11.8. The molecule has 2 aromatic carbocycles. The van der Waals surface area contributed by atoms with Crippen LogP contribution in [0.4, 0.5) is 0 Å². The van der Waals surface area contributed by atoms with Crippen molar-refractivity contribution in [3.8, 4) is 6.07 Å². The highest BCUT2D eigenvalue weighted by Crippen LogP contribution is 2.21. The number of carbonyl (C=O) groups excluding carboxylic acids is 1. The minimum absolute atomic E-state index is 0.0896. The molecule has 2 aromatic rings. The van der Waals surface area contributed by atoms with Crippen LogP contribution in [0.5, 0.6) is 0 Å². The molecule has 0 heterocycles. The molecular formula is C16H11Cl2NO2. The van der Waals surface area contributed by atoms with Gasteiger partial charge in [0.25, 0.3) is 0 Å². The fourth-order valence-electron chi connectivity index (χ4n) is 1.71. The van der Waals surface area contributed by atoms with Crippen LogP contribution in [0.15, 0.2) is 42.5 Å². The normalized spacial score (nSPS) is 9.95. The van der Waals surface area contributed by atoms with Crippen molar-refractivity contribution in [1.82, 2.24) is 0 Å². The van der Waals surface area contributed by atoms with Gasteiger partial charge in [-0.25, -0.2) is 0 Å². The molecule has 2 rings (SSSR count). The average molecular weight is 320 g/mol. The van der Waals surface area contributed by atoms with E-state index in [0.29, 0.717) is 21.2 Å². The van der Waals surface area contributed by atoms with E-state index in [1.54, 1.807) is 42.5 Å². The lowest BCUT2D eigenvalue weighted by Crippen LogP contribution is -2.08. The third-order valence-corrected chi connectivity index (χ3v) is 3.42. The fourth-order valence-corrected chi connectivity index (χ4v) is 2.19. The van der Waals surface area contributed by atoms with Gasteiger partial charge in [-0.2, -0.15) is 5.26 Å². The predicted octanol–water partition coefficient (Wildman–Crippen LogP) is 4.15. The Hall–Kier alpha value is -2.02. The number of carbonyl (C=O) groups is 1. The summed E-state index contributed by atoms with van der Waals surface area (Å²) in [7, 11) is 0. The monoisotopic (exact) mass is 319 g/mol. The Morgan fingerprint density at radius 3 is 2.48 bits per heavy atom. The zero-order valence-corrected chi connectivity index (χ0v) is 12.5. The lowest BCUT2D eigenvalue weighted by Gasteiger charge is -2.07. The van der Waals surface area contributed by atoms with Crippen molar-refractivity contribution >= 4 is 29.2 Å². The van der Waals surface area contributed by atoms with Crippen LogP contribution < -0.4 is 0 Å². The van der Waals surface area contributed by atoms with E-state index in [4.69, 9.17) is 33.2 Å². The molecule has 0 radical (unpaired) electrons. The number of halogens is 2. The van der Waals surface area contributed by atoms with Gasteiger partial charge < -0.3 is 4.74 Å². The highest BCUT2D eigenvalue weighted by atomic mass is 35.5. The number of nitriles is 1. The first-order valence-electron chi connectivity index (χ1n) is 6.17. The Labute approximate surface area is 132 Å². The molecule has 0 spiro atoms. The highest BCUT2D eigenvalue weighted by Gasteiger charge is 2.09. The first-order valence-corrected chi connectivity index (χ1v) is 6.92. The molecule has 0 aliphatic carbocycles. The second kappa shape index (κ2) is 7.12. The van der Waals surface area contributed by atoms with Gasteiger partial charge in [0.1, 0.15) is 6.61 Å². The topological polar surface area (TPSA) is 50.1 Å². The summed E-state index contributed by atoms with van der Waals surface area (Å²) in [6.45, 7) is 0.162. The Bertz CT molecular complexity index is 690. The molecule has 0 saturated heterocycles. The van der Waals surface area contributed by atoms with E-state index in [9.17, 15) is 4.79 Å². The van der Waals surface area contributed by atoms with E-state index >= 15 is 0 Å². The molecule has 0 saturated carbocycles. The smallest absolute Gasteiger partial charge is 0.310 e. The molecule has 106 valence electrons. The molecule has 0 aliphatic heterocycles. The van der Waals surface area contributed by atoms with Crippen LogP contribution in [0.1, 0.15) is 16.7 Å². The molecule has 0 N–H and O–H groups in total. The number of ether oxygens (including phenoxy) is 1. The average Bonchev–Trinajstić information content (AvgIpc) is 2.48. The van der Waals surface area contributed by atoms with E-state index in [2.05, 4.69) is 0 Å². The Kier molecular flexibility index (Phi) is 5.21. The molecule has 0 bridgehead atoms. The Morgan fingerprint density at radius 2 is 1.86 bits per heavy atom. The van der Waals surface area contributed by atoms with Crippen LogP contribution in [0.25, 0.3) is 0 Å². The maximum atomic E-state index is 11.8. The summed E-state index contributed by atoms with van der Waals surface area (Å²) in [5.74, 6) is -0.372. The van der Waals surface area contributed by atoms with Crippen molar-refractivity contribution in [3.63, 3.8) is 0 Å². The maximum Gasteiger partial charge on any atom is 0.310 e. The number of hydrogen-bond donors (Lipinski definition) is 0. The van der Waals surface area contributed by atoms with Crippen LogP contribution in [-0.4, -0.2) is 5.97 Å². The summed E-state index contributed by atoms with van der Waals surface area (Å²) in [5, 5.41) is 9.66. The first kappa shape index (κ1) is 15.4. The van der Waals surface area contributed by atoms with E-state index in [1.165, 1.54) is 0 Å². The van der Waals surface area contributed by atoms with Gasteiger partial charge in [-0.15, -0.1) is 0 Å². The molecule has 0 aliphatic rings. The van der Waals surface area contributed by atoms with Gasteiger partial charge in [-0.05, 0) is 35.4 Å². The van der Waals surface area contributed by atoms with Gasteiger partial charge in [0, 0.05) is 10.0 Å². The number of hydrogen-bond acceptors (Lipinski definition) is 3. The molecule has 0 unspecified atom stereocenters. The molecule has 0 amide bonds. The zero-order valence-electron chi connectivity index (χ0n) is 11.0. The van der Waals surface area contributed by atoms with Crippen molar-refractivity contribution in [2.24, 2.45) is 0 Å². The number of benzene rings is 2. The summed E-state index contributed by atoms with van der Waals surface area (Å²) < 4.78 is 5.18. The Balaban J connectivity index is 1.91. The molecule has 3 nitrogen and oxygen atoms in total. The van der Waals surface area contributed by atoms with Gasteiger partial charge in [0.2, 0.25) is 0 Å². The van der Waals surface area contributed by atoms with Gasteiger partial charge in [0.05, 0.1) is 18.1 Å².